The zero-order valence-electron chi connectivity index (χ0n) is 15.3. The maximum Gasteiger partial charge on any atom is 0.267 e. The molecule has 3 N–H and O–H groups in total. The molecule has 3 rings (SSSR count). The standard InChI is InChI=1S/C19H23N5O2.2ClH/c25-18(23-26)9-8-16-11-20-19(21-12-16)22-17-7-4-10-24(14-17)13-15-5-2-1-3-6-15;;/h1-3,5-6,8-9,11-12,17,26H,4,7,10,13-14H2,(H,23,25)(H,20,21,22);2*1H/b9-8+;;/t17-;;/m1../s1. The van der Waals surface area contributed by atoms with E-state index in [9.17, 15) is 4.79 Å². The third-order valence-electron chi connectivity index (χ3n) is 4.30. The van der Waals surface area contributed by atoms with E-state index in [1.54, 1.807) is 12.4 Å². The van der Waals surface area contributed by atoms with E-state index in [0.717, 1.165) is 32.5 Å². The minimum absolute atomic E-state index is 0. The first-order chi connectivity index (χ1) is 12.7. The molecule has 0 bridgehead atoms. The lowest BCUT2D eigenvalue weighted by molar-refractivity contribution is -0.124. The van der Waals surface area contributed by atoms with Crippen molar-refractivity contribution in [2.75, 3.05) is 18.4 Å². The molecule has 1 aliphatic rings. The highest BCUT2D eigenvalue weighted by Gasteiger charge is 2.20. The van der Waals surface area contributed by atoms with Gasteiger partial charge in [-0.2, -0.15) is 0 Å². The highest BCUT2D eigenvalue weighted by molar-refractivity contribution is 5.90. The molecule has 1 saturated heterocycles. The molecule has 1 fully saturated rings. The van der Waals surface area contributed by atoms with Gasteiger partial charge in [-0.05, 0) is 31.0 Å². The van der Waals surface area contributed by atoms with Crippen molar-refractivity contribution in [2.24, 2.45) is 0 Å². The molecule has 0 unspecified atom stereocenters. The van der Waals surface area contributed by atoms with Crippen molar-refractivity contribution in [3.63, 3.8) is 0 Å². The number of halogens is 2. The number of carbonyl (C=O) groups excluding carboxylic acids is 1. The van der Waals surface area contributed by atoms with Gasteiger partial charge in [0.1, 0.15) is 0 Å². The topological polar surface area (TPSA) is 90.4 Å². The van der Waals surface area contributed by atoms with Crippen LogP contribution >= 0.6 is 24.8 Å². The molecular formula is C19H25Cl2N5O2. The molecule has 2 aromatic rings. The molecule has 0 spiro atoms. The van der Waals surface area contributed by atoms with E-state index in [0.29, 0.717) is 17.6 Å². The molecule has 1 amide bonds. The lowest BCUT2D eigenvalue weighted by Crippen LogP contribution is -2.41. The number of rotatable bonds is 6. The van der Waals surface area contributed by atoms with Gasteiger partial charge in [-0.15, -0.1) is 24.8 Å². The third kappa shape index (κ3) is 7.44. The van der Waals surface area contributed by atoms with Crippen molar-refractivity contribution in [3.8, 4) is 0 Å². The number of carbonyl (C=O) groups is 1. The number of hydrogen-bond donors (Lipinski definition) is 3. The molecule has 1 aromatic carbocycles. The molecular weight excluding hydrogens is 401 g/mol. The number of nitrogens with one attached hydrogen (secondary N) is 2. The number of aromatic nitrogens is 2. The van der Waals surface area contributed by atoms with E-state index in [1.807, 2.05) is 6.07 Å². The van der Waals surface area contributed by atoms with Gasteiger partial charge in [0.15, 0.2) is 0 Å². The second-order valence-electron chi connectivity index (χ2n) is 6.35. The number of piperidine rings is 1. The monoisotopic (exact) mass is 425 g/mol. The fourth-order valence-electron chi connectivity index (χ4n) is 3.05. The lowest BCUT2D eigenvalue weighted by Gasteiger charge is -2.33. The van der Waals surface area contributed by atoms with E-state index in [-0.39, 0.29) is 24.8 Å². The van der Waals surface area contributed by atoms with E-state index in [2.05, 4.69) is 44.5 Å². The average molecular weight is 426 g/mol. The van der Waals surface area contributed by atoms with Crippen molar-refractivity contribution >= 4 is 42.7 Å². The van der Waals surface area contributed by atoms with E-state index >= 15 is 0 Å². The van der Waals surface area contributed by atoms with Crippen LogP contribution < -0.4 is 10.8 Å². The predicted molar refractivity (Wildman–Crippen MR) is 114 cm³/mol. The molecule has 28 heavy (non-hydrogen) atoms. The van der Waals surface area contributed by atoms with Crippen LogP contribution in [0.2, 0.25) is 0 Å². The summed E-state index contributed by atoms with van der Waals surface area (Å²) < 4.78 is 0. The quantitative estimate of drug-likeness (QED) is 0.374. The largest absolute Gasteiger partial charge is 0.350 e. The molecule has 152 valence electrons. The second-order valence-corrected chi connectivity index (χ2v) is 6.35. The zero-order chi connectivity index (χ0) is 18.2. The van der Waals surface area contributed by atoms with Crippen molar-refractivity contribution in [1.29, 1.82) is 0 Å². The van der Waals surface area contributed by atoms with Gasteiger partial charge in [-0.25, -0.2) is 15.4 Å². The van der Waals surface area contributed by atoms with E-state index < -0.39 is 5.91 Å². The average Bonchev–Trinajstić information content (AvgIpc) is 2.68. The van der Waals surface area contributed by atoms with Crippen LogP contribution in [0.25, 0.3) is 6.08 Å². The first-order valence-electron chi connectivity index (χ1n) is 8.70. The Hall–Kier alpha value is -2.19. The number of benzene rings is 1. The Bertz CT molecular complexity index is 744. The van der Waals surface area contributed by atoms with Crippen LogP contribution in [0, 0.1) is 0 Å². The van der Waals surface area contributed by atoms with Crippen LogP contribution in [0.4, 0.5) is 5.95 Å². The van der Waals surface area contributed by atoms with E-state index in [1.165, 1.54) is 23.2 Å². The maximum absolute atomic E-state index is 11.0. The van der Waals surface area contributed by atoms with Gasteiger partial charge in [-0.1, -0.05) is 30.3 Å². The minimum Gasteiger partial charge on any atom is -0.350 e. The highest BCUT2D eigenvalue weighted by Crippen LogP contribution is 2.16. The van der Waals surface area contributed by atoms with Gasteiger partial charge >= 0.3 is 0 Å². The van der Waals surface area contributed by atoms with Crippen LogP contribution in [-0.4, -0.2) is 45.1 Å². The fraction of sp³-hybridized carbons (Fsp3) is 0.316. The zero-order valence-corrected chi connectivity index (χ0v) is 17.0. The smallest absolute Gasteiger partial charge is 0.267 e. The number of anilines is 1. The summed E-state index contributed by atoms with van der Waals surface area (Å²) in [6.45, 7) is 3.01. The van der Waals surface area contributed by atoms with Crippen molar-refractivity contribution < 1.29 is 10.0 Å². The Kier molecular flexibility index (Phi) is 10.5. The van der Waals surface area contributed by atoms with Gasteiger partial charge in [-0.3, -0.25) is 14.9 Å². The summed E-state index contributed by atoms with van der Waals surface area (Å²) in [5, 5.41) is 11.9. The number of likely N-dealkylation sites (tertiary alicyclic amines) is 1. The number of amides is 1. The van der Waals surface area contributed by atoms with Gasteiger partial charge < -0.3 is 5.32 Å². The minimum atomic E-state index is -0.590. The van der Waals surface area contributed by atoms with Gasteiger partial charge in [0, 0.05) is 43.2 Å². The summed E-state index contributed by atoms with van der Waals surface area (Å²) in [7, 11) is 0. The maximum atomic E-state index is 11.0. The van der Waals surface area contributed by atoms with Crippen LogP contribution in [-0.2, 0) is 11.3 Å². The van der Waals surface area contributed by atoms with E-state index in [4.69, 9.17) is 5.21 Å². The Morgan fingerprint density at radius 2 is 1.93 bits per heavy atom. The molecule has 2 heterocycles. The molecule has 1 aliphatic heterocycles. The predicted octanol–water partition coefficient (Wildman–Crippen LogP) is 2.92. The SMILES string of the molecule is Cl.Cl.O=C(/C=C/c1cnc(N[C@@H]2CCCN(Cc3ccccc3)C2)nc1)NO. The summed E-state index contributed by atoms with van der Waals surface area (Å²) in [6.07, 6.45) is 8.27. The fourth-order valence-corrected chi connectivity index (χ4v) is 3.05. The Morgan fingerprint density at radius 3 is 2.61 bits per heavy atom. The second kappa shape index (κ2) is 12.3. The Balaban J connectivity index is 0.00000196. The molecule has 7 nitrogen and oxygen atoms in total. The van der Waals surface area contributed by atoms with Gasteiger partial charge in [0.05, 0.1) is 0 Å². The summed E-state index contributed by atoms with van der Waals surface area (Å²) in [4.78, 5) is 22.0. The normalized spacial score (nSPS) is 16.7. The number of hydroxylamine groups is 1. The van der Waals surface area contributed by atoms with Crippen molar-refractivity contribution in [1.82, 2.24) is 20.3 Å². The van der Waals surface area contributed by atoms with Gasteiger partial charge in [0.2, 0.25) is 5.95 Å². The highest BCUT2D eigenvalue weighted by atomic mass is 35.5. The first kappa shape index (κ1) is 23.8. The molecule has 0 aliphatic carbocycles. The molecule has 1 atom stereocenters. The number of nitrogens with zero attached hydrogens (tertiary/aromatic N) is 3. The molecule has 0 saturated carbocycles. The summed E-state index contributed by atoms with van der Waals surface area (Å²) in [6, 6.07) is 10.8. The third-order valence-corrected chi connectivity index (χ3v) is 4.30. The summed E-state index contributed by atoms with van der Waals surface area (Å²) in [5.41, 5.74) is 3.55. The summed E-state index contributed by atoms with van der Waals surface area (Å²) >= 11 is 0. The van der Waals surface area contributed by atoms with Crippen LogP contribution in [0.5, 0.6) is 0 Å². The first-order valence-corrected chi connectivity index (χ1v) is 8.70. The van der Waals surface area contributed by atoms with Crippen LogP contribution in [0.1, 0.15) is 24.0 Å². The van der Waals surface area contributed by atoms with Gasteiger partial charge in [0.25, 0.3) is 5.91 Å². The Morgan fingerprint density at radius 1 is 1.21 bits per heavy atom. The van der Waals surface area contributed by atoms with Crippen LogP contribution in [0.15, 0.2) is 48.8 Å². The summed E-state index contributed by atoms with van der Waals surface area (Å²) in [5.74, 6) is -0.00626. The molecule has 9 heteroatoms. The van der Waals surface area contributed by atoms with Crippen molar-refractivity contribution in [2.45, 2.75) is 25.4 Å². The number of hydrogen-bond acceptors (Lipinski definition) is 6. The Labute approximate surface area is 177 Å². The molecule has 0 radical (unpaired) electrons. The van der Waals surface area contributed by atoms with Crippen LogP contribution in [0.3, 0.4) is 0 Å². The van der Waals surface area contributed by atoms with Crippen molar-refractivity contribution in [3.05, 3.63) is 59.9 Å². The molecule has 1 aromatic heterocycles. The lowest BCUT2D eigenvalue weighted by atomic mass is 10.0.